The third-order valence-electron chi connectivity index (χ3n) is 3.92. The van der Waals surface area contributed by atoms with Crippen molar-refractivity contribution in [2.24, 2.45) is 11.1 Å². The lowest BCUT2D eigenvalue weighted by Gasteiger charge is -2.42. The molecule has 0 aromatic heterocycles. The third kappa shape index (κ3) is 4.94. The van der Waals surface area contributed by atoms with E-state index in [2.05, 4.69) is 32.6 Å². The van der Waals surface area contributed by atoms with E-state index in [1.807, 2.05) is 0 Å². The van der Waals surface area contributed by atoms with Gasteiger partial charge >= 0.3 is 0 Å². The minimum absolute atomic E-state index is 0.205. The molecule has 0 spiro atoms. The first-order valence-corrected chi connectivity index (χ1v) is 6.90. The van der Waals surface area contributed by atoms with Crippen LogP contribution in [0.1, 0.15) is 47.0 Å². The van der Waals surface area contributed by atoms with E-state index >= 15 is 0 Å². The monoisotopic (exact) mass is 242 g/mol. The topological polar surface area (TPSA) is 38.5 Å². The number of morpholine rings is 1. The summed E-state index contributed by atoms with van der Waals surface area (Å²) >= 11 is 0. The van der Waals surface area contributed by atoms with E-state index in [-0.39, 0.29) is 5.54 Å². The Morgan fingerprint density at radius 3 is 2.59 bits per heavy atom. The Hall–Kier alpha value is -0.120. The van der Waals surface area contributed by atoms with Gasteiger partial charge < -0.3 is 10.5 Å². The zero-order valence-electron chi connectivity index (χ0n) is 12.1. The van der Waals surface area contributed by atoms with Gasteiger partial charge in [-0.15, -0.1) is 0 Å². The molecule has 0 aromatic carbocycles. The van der Waals surface area contributed by atoms with Gasteiger partial charge in [-0.05, 0) is 51.6 Å². The van der Waals surface area contributed by atoms with Gasteiger partial charge in [0.2, 0.25) is 0 Å². The highest BCUT2D eigenvalue weighted by molar-refractivity contribution is 4.84. The Bertz CT molecular complexity index is 226. The second kappa shape index (κ2) is 6.17. The maximum absolute atomic E-state index is 5.65. The molecular weight excluding hydrogens is 212 g/mol. The van der Waals surface area contributed by atoms with Crippen LogP contribution in [0.4, 0.5) is 0 Å². The van der Waals surface area contributed by atoms with Crippen LogP contribution in [0.15, 0.2) is 0 Å². The zero-order valence-corrected chi connectivity index (χ0v) is 12.1. The Morgan fingerprint density at radius 1 is 1.29 bits per heavy atom. The van der Waals surface area contributed by atoms with Crippen LogP contribution in [0.25, 0.3) is 0 Å². The fraction of sp³-hybridized carbons (Fsp3) is 1.00. The summed E-state index contributed by atoms with van der Waals surface area (Å²) < 4.78 is 5.54. The summed E-state index contributed by atoms with van der Waals surface area (Å²) in [5, 5.41) is 0. The van der Waals surface area contributed by atoms with Crippen molar-refractivity contribution in [1.82, 2.24) is 4.90 Å². The molecule has 102 valence electrons. The van der Waals surface area contributed by atoms with Gasteiger partial charge in [0.05, 0.1) is 13.2 Å². The molecule has 1 rings (SSSR count). The van der Waals surface area contributed by atoms with E-state index in [0.29, 0.717) is 5.41 Å². The van der Waals surface area contributed by atoms with Crippen LogP contribution >= 0.6 is 0 Å². The fourth-order valence-electron chi connectivity index (χ4n) is 2.57. The van der Waals surface area contributed by atoms with Gasteiger partial charge in [0.15, 0.2) is 0 Å². The van der Waals surface area contributed by atoms with E-state index in [9.17, 15) is 0 Å². The van der Waals surface area contributed by atoms with E-state index in [1.54, 1.807) is 0 Å². The van der Waals surface area contributed by atoms with Gasteiger partial charge in [0.25, 0.3) is 0 Å². The second-order valence-electron chi connectivity index (χ2n) is 6.66. The summed E-state index contributed by atoms with van der Waals surface area (Å²) in [5.41, 5.74) is 6.24. The average molecular weight is 242 g/mol. The molecule has 1 aliphatic heterocycles. The lowest BCUT2D eigenvalue weighted by molar-refractivity contribution is -0.0521. The molecule has 1 aliphatic rings. The highest BCUT2D eigenvalue weighted by Gasteiger charge is 2.30. The molecule has 2 N–H and O–H groups in total. The largest absolute Gasteiger partial charge is 0.378 e. The predicted molar refractivity (Wildman–Crippen MR) is 73.2 cm³/mol. The minimum Gasteiger partial charge on any atom is -0.378 e. The number of nitrogens with zero attached hydrogens (tertiary/aromatic N) is 1. The quantitative estimate of drug-likeness (QED) is 0.776. The van der Waals surface area contributed by atoms with Crippen molar-refractivity contribution < 1.29 is 4.74 Å². The summed E-state index contributed by atoms with van der Waals surface area (Å²) in [7, 11) is 0. The van der Waals surface area contributed by atoms with Crippen molar-refractivity contribution in [3.8, 4) is 0 Å². The standard InChI is InChI=1S/C14H30N2O/c1-13(2,7-8-15)6-5-9-16-10-11-17-12-14(16,3)4/h5-12,15H2,1-4H3. The maximum Gasteiger partial charge on any atom is 0.0645 e. The van der Waals surface area contributed by atoms with Gasteiger partial charge in [0.1, 0.15) is 0 Å². The van der Waals surface area contributed by atoms with Crippen molar-refractivity contribution in [3.63, 3.8) is 0 Å². The highest BCUT2D eigenvalue weighted by Crippen LogP contribution is 2.27. The molecule has 0 bridgehead atoms. The Labute approximate surface area is 107 Å². The number of nitrogens with two attached hydrogens (primary N) is 1. The van der Waals surface area contributed by atoms with Gasteiger partial charge in [-0.25, -0.2) is 0 Å². The van der Waals surface area contributed by atoms with Crippen LogP contribution in [-0.4, -0.2) is 43.3 Å². The van der Waals surface area contributed by atoms with Crippen molar-refractivity contribution in [2.75, 3.05) is 32.8 Å². The van der Waals surface area contributed by atoms with Gasteiger partial charge in [-0.2, -0.15) is 0 Å². The van der Waals surface area contributed by atoms with E-state index in [1.165, 1.54) is 19.4 Å². The molecule has 17 heavy (non-hydrogen) atoms. The molecule has 0 unspecified atom stereocenters. The Balaban J connectivity index is 2.30. The smallest absolute Gasteiger partial charge is 0.0645 e. The number of rotatable bonds is 6. The Kier molecular flexibility index (Phi) is 5.42. The van der Waals surface area contributed by atoms with Crippen LogP contribution in [0.2, 0.25) is 0 Å². The molecule has 0 aromatic rings. The first-order chi connectivity index (χ1) is 7.87. The van der Waals surface area contributed by atoms with Gasteiger partial charge in [-0.3, -0.25) is 4.90 Å². The van der Waals surface area contributed by atoms with Crippen LogP contribution in [0.5, 0.6) is 0 Å². The second-order valence-corrected chi connectivity index (χ2v) is 6.66. The lowest BCUT2D eigenvalue weighted by Crippen LogP contribution is -2.53. The van der Waals surface area contributed by atoms with Crippen LogP contribution in [-0.2, 0) is 4.74 Å². The Morgan fingerprint density at radius 2 is 2.00 bits per heavy atom. The van der Waals surface area contributed by atoms with Crippen molar-refractivity contribution in [2.45, 2.75) is 52.5 Å². The van der Waals surface area contributed by atoms with Gasteiger partial charge in [-0.1, -0.05) is 13.8 Å². The molecule has 0 radical (unpaired) electrons. The summed E-state index contributed by atoms with van der Waals surface area (Å²) in [6.45, 7) is 14.0. The average Bonchev–Trinajstić information content (AvgIpc) is 2.20. The summed E-state index contributed by atoms with van der Waals surface area (Å²) in [4.78, 5) is 2.56. The molecule has 3 nitrogen and oxygen atoms in total. The van der Waals surface area contributed by atoms with E-state index in [0.717, 1.165) is 32.7 Å². The number of ether oxygens (including phenoxy) is 1. The minimum atomic E-state index is 0.205. The van der Waals surface area contributed by atoms with Crippen molar-refractivity contribution >= 4 is 0 Å². The third-order valence-corrected chi connectivity index (χ3v) is 3.92. The van der Waals surface area contributed by atoms with Crippen LogP contribution in [0.3, 0.4) is 0 Å². The molecule has 1 saturated heterocycles. The van der Waals surface area contributed by atoms with Crippen LogP contribution < -0.4 is 5.73 Å². The first kappa shape index (κ1) is 14.9. The summed E-state index contributed by atoms with van der Waals surface area (Å²) in [5.74, 6) is 0. The SMILES string of the molecule is CC(C)(CCN)CCCN1CCOCC1(C)C. The molecule has 0 amide bonds. The summed E-state index contributed by atoms with van der Waals surface area (Å²) in [6.07, 6.45) is 3.65. The number of hydrogen-bond acceptors (Lipinski definition) is 3. The molecule has 0 saturated carbocycles. The lowest BCUT2D eigenvalue weighted by atomic mass is 9.84. The normalized spacial score (nSPS) is 21.7. The van der Waals surface area contributed by atoms with Gasteiger partial charge in [0, 0.05) is 12.1 Å². The van der Waals surface area contributed by atoms with E-state index < -0.39 is 0 Å². The van der Waals surface area contributed by atoms with Crippen molar-refractivity contribution in [1.29, 1.82) is 0 Å². The maximum atomic E-state index is 5.65. The zero-order chi connectivity index (χ0) is 12.9. The molecule has 0 atom stereocenters. The number of hydrogen-bond donors (Lipinski definition) is 1. The molecule has 0 aliphatic carbocycles. The van der Waals surface area contributed by atoms with Crippen molar-refractivity contribution in [3.05, 3.63) is 0 Å². The highest BCUT2D eigenvalue weighted by atomic mass is 16.5. The summed E-state index contributed by atoms with van der Waals surface area (Å²) in [6, 6.07) is 0. The first-order valence-electron chi connectivity index (χ1n) is 6.90. The van der Waals surface area contributed by atoms with Crippen LogP contribution in [0, 0.1) is 5.41 Å². The molecule has 1 fully saturated rings. The molecular formula is C14H30N2O. The molecule has 1 heterocycles. The fourth-order valence-corrected chi connectivity index (χ4v) is 2.57. The van der Waals surface area contributed by atoms with E-state index in [4.69, 9.17) is 10.5 Å². The molecule has 3 heteroatoms. The predicted octanol–water partition coefficient (Wildman–Crippen LogP) is 2.25.